The summed E-state index contributed by atoms with van der Waals surface area (Å²) < 4.78 is 0. The molecular formula is C17H16ClNO2. The second-order valence-electron chi connectivity index (χ2n) is 4.48. The Labute approximate surface area is 129 Å². The fourth-order valence-electron chi connectivity index (χ4n) is 1.81. The Morgan fingerprint density at radius 2 is 1.57 bits per heavy atom. The molecule has 1 N–H and O–H groups in total. The molecule has 0 heterocycles. The first-order valence-electron chi connectivity index (χ1n) is 6.61. The second kappa shape index (κ2) is 7.62. The summed E-state index contributed by atoms with van der Waals surface area (Å²) in [6, 6.07) is 17.0. The number of nitrogens with zero attached hydrogens (tertiary/aromatic N) is 1. The molecule has 0 aliphatic rings. The Bertz CT molecular complexity index is 608. The van der Waals surface area contributed by atoms with Gasteiger partial charge in [0.15, 0.2) is 0 Å². The summed E-state index contributed by atoms with van der Waals surface area (Å²) in [6.45, 7) is 0. The summed E-state index contributed by atoms with van der Waals surface area (Å²) in [7, 11) is 0. The quantitative estimate of drug-likeness (QED) is 0.389. The molecule has 0 aliphatic heterocycles. The third-order valence-corrected chi connectivity index (χ3v) is 3.14. The molecule has 0 atom stereocenters. The van der Waals surface area contributed by atoms with Crippen LogP contribution in [0.15, 0.2) is 54.6 Å². The molecule has 2 rings (SSSR count). The Kier molecular flexibility index (Phi) is 5.55. The molecular weight excluding hydrogens is 286 g/mol. The third-order valence-electron chi connectivity index (χ3n) is 2.95. The van der Waals surface area contributed by atoms with Gasteiger partial charge < -0.3 is 0 Å². The average molecular weight is 302 g/mol. The van der Waals surface area contributed by atoms with Gasteiger partial charge in [-0.05, 0) is 23.3 Å². The van der Waals surface area contributed by atoms with E-state index in [0.29, 0.717) is 10.8 Å². The van der Waals surface area contributed by atoms with Crippen molar-refractivity contribution in [2.24, 2.45) is 0 Å². The molecule has 3 nitrogen and oxygen atoms in total. The van der Waals surface area contributed by atoms with Crippen LogP contribution in [0.4, 0.5) is 5.69 Å². The van der Waals surface area contributed by atoms with E-state index < -0.39 is 5.91 Å². The highest BCUT2D eigenvalue weighted by Gasteiger charge is 2.11. The lowest BCUT2D eigenvalue weighted by atomic mass is 10.1. The van der Waals surface area contributed by atoms with Crippen LogP contribution in [0, 0.1) is 0 Å². The van der Waals surface area contributed by atoms with Crippen molar-refractivity contribution in [1.29, 1.82) is 0 Å². The maximum absolute atomic E-state index is 11.5. The summed E-state index contributed by atoms with van der Waals surface area (Å²) in [5.74, 6) is -0.231. The van der Waals surface area contributed by atoms with Crippen LogP contribution in [0.3, 0.4) is 0 Å². The van der Waals surface area contributed by atoms with Crippen LogP contribution in [-0.4, -0.2) is 17.0 Å². The molecule has 0 spiro atoms. The van der Waals surface area contributed by atoms with E-state index in [4.69, 9.17) is 11.6 Å². The largest absolute Gasteiger partial charge is 0.281 e. The van der Waals surface area contributed by atoms with E-state index in [1.54, 1.807) is 12.1 Å². The highest BCUT2D eigenvalue weighted by molar-refractivity contribution is 6.19. The lowest BCUT2D eigenvalue weighted by Gasteiger charge is -2.14. The highest BCUT2D eigenvalue weighted by atomic mass is 35.5. The number of hydrogen-bond acceptors (Lipinski definition) is 2. The minimum absolute atomic E-state index is 0.105. The Balaban J connectivity index is 2.05. The molecule has 0 bridgehead atoms. The van der Waals surface area contributed by atoms with E-state index in [0.717, 1.165) is 11.1 Å². The zero-order valence-corrected chi connectivity index (χ0v) is 12.2. The van der Waals surface area contributed by atoms with Crippen LogP contribution in [0.5, 0.6) is 0 Å². The highest BCUT2D eigenvalue weighted by Crippen LogP contribution is 2.16. The number of hydrogen-bond donors (Lipinski definition) is 1. The van der Waals surface area contributed by atoms with E-state index in [1.807, 2.05) is 54.6 Å². The number of rotatable bonds is 5. The maximum Gasteiger partial charge on any atom is 0.251 e. The van der Waals surface area contributed by atoms with Crippen molar-refractivity contribution in [3.05, 3.63) is 65.7 Å². The maximum atomic E-state index is 11.5. The molecule has 2 aromatic carbocycles. The summed E-state index contributed by atoms with van der Waals surface area (Å²) in [4.78, 5) is 11.5. The molecule has 0 unspecified atom stereocenters. The Morgan fingerprint density at radius 3 is 2.14 bits per heavy atom. The predicted octanol–water partition coefficient (Wildman–Crippen LogP) is 4.21. The minimum Gasteiger partial charge on any atom is -0.281 e. The summed E-state index contributed by atoms with van der Waals surface area (Å²) in [5, 5.41) is 10.4. The van der Waals surface area contributed by atoms with Crippen LogP contribution in [-0.2, 0) is 4.79 Å². The summed E-state index contributed by atoms with van der Waals surface area (Å²) >= 11 is 5.48. The number of alkyl halides is 1. The number of carbonyl (C=O) groups is 1. The van der Waals surface area contributed by atoms with Crippen molar-refractivity contribution in [3.63, 3.8) is 0 Å². The van der Waals surface area contributed by atoms with Gasteiger partial charge in [-0.25, -0.2) is 0 Å². The number of anilines is 1. The molecule has 0 aromatic heterocycles. The van der Waals surface area contributed by atoms with Crippen molar-refractivity contribution in [1.82, 2.24) is 0 Å². The van der Waals surface area contributed by atoms with Gasteiger partial charge in [-0.3, -0.25) is 10.0 Å². The second-order valence-corrected chi connectivity index (χ2v) is 4.86. The topological polar surface area (TPSA) is 40.5 Å². The van der Waals surface area contributed by atoms with Crippen molar-refractivity contribution < 1.29 is 10.0 Å². The fourth-order valence-corrected chi connectivity index (χ4v) is 1.98. The number of carbonyl (C=O) groups excluding carboxylic acids is 1. The first-order valence-corrected chi connectivity index (χ1v) is 7.15. The molecule has 0 saturated carbocycles. The van der Waals surface area contributed by atoms with Gasteiger partial charge in [0, 0.05) is 12.3 Å². The molecule has 0 saturated heterocycles. The van der Waals surface area contributed by atoms with Crippen LogP contribution in [0.2, 0.25) is 0 Å². The number of benzene rings is 2. The Morgan fingerprint density at radius 1 is 1.00 bits per heavy atom. The van der Waals surface area contributed by atoms with Crippen LogP contribution < -0.4 is 5.06 Å². The smallest absolute Gasteiger partial charge is 0.251 e. The van der Waals surface area contributed by atoms with Gasteiger partial charge >= 0.3 is 0 Å². The lowest BCUT2D eigenvalue weighted by Crippen LogP contribution is -2.26. The van der Waals surface area contributed by atoms with Gasteiger partial charge in [0.1, 0.15) is 0 Å². The predicted molar refractivity (Wildman–Crippen MR) is 86.4 cm³/mol. The molecule has 2 aromatic rings. The molecule has 4 heteroatoms. The fraction of sp³-hybridized carbons (Fsp3) is 0.118. The van der Waals surface area contributed by atoms with E-state index in [-0.39, 0.29) is 12.3 Å². The van der Waals surface area contributed by atoms with Crippen molar-refractivity contribution >= 4 is 35.3 Å². The van der Waals surface area contributed by atoms with Crippen LogP contribution >= 0.6 is 11.6 Å². The van der Waals surface area contributed by atoms with Gasteiger partial charge in [0.05, 0.1) is 5.69 Å². The Hall–Kier alpha value is -2.10. The normalized spacial score (nSPS) is 10.8. The van der Waals surface area contributed by atoms with E-state index in [9.17, 15) is 10.0 Å². The van der Waals surface area contributed by atoms with Gasteiger partial charge in [-0.1, -0.05) is 54.6 Å². The molecule has 0 aliphatic carbocycles. The molecule has 0 fully saturated rings. The van der Waals surface area contributed by atoms with E-state index >= 15 is 0 Å². The summed E-state index contributed by atoms with van der Waals surface area (Å²) in [5.41, 5.74) is 2.53. The first kappa shape index (κ1) is 15.3. The van der Waals surface area contributed by atoms with E-state index in [1.165, 1.54) is 0 Å². The number of hydroxylamine groups is 1. The van der Waals surface area contributed by atoms with Crippen molar-refractivity contribution in [2.45, 2.75) is 6.42 Å². The zero-order chi connectivity index (χ0) is 15.1. The average Bonchev–Trinajstić information content (AvgIpc) is 2.54. The SMILES string of the molecule is O=C(CCCl)N(O)c1ccc(C=Cc2ccccc2)cc1. The first-order chi connectivity index (χ1) is 10.2. The van der Waals surface area contributed by atoms with Gasteiger partial charge in [0.2, 0.25) is 0 Å². The lowest BCUT2D eigenvalue weighted by molar-refractivity contribution is -0.123. The molecule has 21 heavy (non-hydrogen) atoms. The van der Waals surface area contributed by atoms with E-state index in [2.05, 4.69) is 0 Å². The van der Waals surface area contributed by atoms with Gasteiger partial charge in [0.25, 0.3) is 5.91 Å². The minimum atomic E-state index is -0.419. The standard InChI is InChI=1S/C17H16ClNO2/c18-13-12-17(20)19(21)16-10-8-15(9-11-16)7-6-14-4-2-1-3-5-14/h1-11,21H,12-13H2. The van der Waals surface area contributed by atoms with Crippen molar-refractivity contribution in [3.8, 4) is 0 Å². The monoisotopic (exact) mass is 301 g/mol. The van der Waals surface area contributed by atoms with Gasteiger partial charge in [-0.15, -0.1) is 11.6 Å². The van der Waals surface area contributed by atoms with Gasteiger partial charge in [-0.2, -0.15) is 5.06 Å². The zero-order valence-electron chi connectivity index (χ0n) is 11.4. The third kappa shape index (κ3) is 4.45. The number of amides is 1. The molecule has 1 amide bonds. The summed E-state index contributed by atoms with van der Waals surface area (Å²) in [6.07, 6.45) is 4.08. The molecule has 108 valence electrons. The van der Waals surface area contributed by atoms with Crippen molar-refractivity contribution in [2.75, 3.05) is 10.9 Å². The van der Waals surface area contributed by atoms with Crippen LogP contribution in [0.25, 0.3) is 12.2 Å². The molecule has 0 radical (unpaired) electrons. The number of halogens is 1. The van der Waals surface area contributed by atoms with Crippen LogP contribution in [0.1, 0.15) is 17.5 Å².